The van der Waals surface area contributed by atoms with Crippen LogP contribution in [-0.4, -0.2) is 45.1 Å². The standard InChI is InChI=1S/C15H22N2O3S/c1-16-15(18)14-5-3-4-10-17(14)11-12-6-8-13(9-7-12)21(2,19)20/h6-9,14H,3-5,10-11H2,1-2H3,(H,16,18). The lowest BCUT2D eigenvalue weighted by molar-refractivity contribution is -0.127. The summed E-state index contributed by atoms with van der Waals surface area (Å²) in [6.45, 7) is 1.56. The highest BCUT2D eigenvalue weighted by atomic mass is 32.2. The monoisotopic (exact) mass is 310 g/mol. The third-order valence-corrected chi connectivity index (χ3v) is 5.03. The summed E-state index contributed by atoms with van der Waals surface area (Å²) in [6.07, 6.45) is 4.24. The van der Waals surface area contributed by atoms with E-state index in [4.69, 9.17) is 0 Å². The fourth-order valence-corrected chi connectivity index (χ4v) is 3.35. The number of benzene rings is 1. The molecule has 6 heteroatoms. The van der Waals surface area contributed by atoms with E-state index in [1.54, 1.807) is 19.2 Å². The van der Waals surface area contributed by atoms with Gasteiger partial charge in [-0.3, -0.25) is 9.69 Å². The Morgan fingerprint density at radius 1 is 1.29 bits per heavy atom. The zero-order valence-corrected chi connectivity index (χ0v) is 13.3. The average Bonchev–Trinajstić information content (AvgIpc) is 2.46. The van der Waals surface area contributed by atoms with E-state index in [0.717, 1.165) is 31.4 Å². The van der Waals surface area contributed by atoms with Crippen molar-refractivity contribution in [1.82, 2.24) is 10.2 Å². The first-order chi connectivity index (χ1) is 9.91. The molecule has 5 nitrogen and oxygen atoms in total. The van der Waals surface area contributed by atoms with Crippen molar-refractivity contribution in [3.8, 4) is 0 Å². The second kappa shape index (κ2) is 6.58. The smallest absolute Gasteiger partial charge is 0.237 e. The molecule has 0 radical (unpaired) electrons. The Morgan fingerprint density at radius 2 is 1.95 bits per heavy atom. The van der Waals surface area contributed by atoms with Crippen molar-refractivity contribution < 1.29 is 13.2 Å². The molecule has 1 aromatic carbocycles. The van der Waals surface area contributed by atoms with Gasteiger partial charge in [-0.25, -0.2) is 8.42 Å². The molecular formula is C15H22N2O3S. The van der Waals surface area contributed by atoms with Crippen LogP contribution in [0.25, 0.3) is 0 Å². The van der Waals surface area contributed by atoms with Gasteiger partial charge in [0.1, 0.15) is 0 Å². The number of likely N-dealkylation sites (N-methyl/N-ethyl adjacent to an activating group) is 1. The lowest BCUT2D eigenvalue weighted by Crippen LogP contribution is -2.48. The number of piperidine rings is 1. The summed E-state index contributed by atoms with van der Waals surface area (Å²) in [7, 11) is -1.50. The highest BCUT2D eigenvalue weighted by Crippen LogP contribution is 2.20. The molecule has 0 saturated carbocycles. The van der Waals surface area contributed by atoms with E-state index in [0.29, 0.717) is 11.4 Å². The van der Waals surface area contributed by atoms with E-state index < -0.39 is 9.84 Å². The maximum atomic E-state index is 11.9. The van der Waals surface area contributed by atoms with Crippen molar-refractivity contribution in [3.05, 3.63) is 29.8 Å². The Bertz CT molecular complexity index is 596. The van der Waals surface area contributed by atoms with Gasteiger partial charge in [0.05, 0.1) is 10.9 Å². The summed E-state index contributed by atoms with van der Waals surface area (Å²) in [4.78, 5) is 14.4. The molecule has 1 fully saturated rings. The summed E-state index contributed by atoms with van der Waals surface area (Å²) in [5, 5.41) is 2.72. The number of nitrogens with one attached hydrogen (secondary N) is 1. The number of carbonyl (C=O) groups is 1. The minimum Gasteiger partial charge on any atom is -0.358 e. The van der Waals surface area contributed by atoms with Crippen molar-refractivity contribution in [2.45, 2.75) is 36.7 Å². The van der Waals surface area contributed by atoms with Gasteiger partial charge in [0.25, 0.3) is 0 Å². The van der Waals surface area contributed by atoms with Gasteiger partial charge in [0.2, 0.25) is 5.91 Å². The summed E-state index contributed by atoms with van der Waals surface area (Å²) in [5.74, 6) is 0.0578. The Morgan fingerprint density at radius 3 is 2.52 bits per heavy atom. The molecule has 0 aliphatic carbocycles. The topological polar surface area (TPSA) is 66.5 Å². The number of likely N-dealkylation sites (tertiary alicyclic amines) is 1. The first-order valence-electron chi connectivity index (χ1n) is 7.16. The summed E-state index contributed by atoms with van der Waals surface area (Å²) >= 11 is 0. The molecule has 1 heterocycles. The van der Waals surface area contributed by atoms with Crippen molar-refractivity contribution in [1.29, 1.82) is 0 Å². The molecule has 2 rings (SSSR count). The molecule has 0 spiro atoms. The third-order valence-electron chi connectivity index (χ3n) is 3.90. The molecule has 1 atom stereocenters. The van der Waals surface area contributed by atoms with Crippen LogP contribution in [0.5, 0.6) is 0 Å². The van der Waals surface area contributed by atoms with Gasteiger partial charge in [-0.1, -0.05) is 18.6 Å². The number of hydrogen-bond donors (Lipinski definition) is 1. The van der Waals surface area contributed by atoms with Gasteiger partial charge in [-0.05, 0) is 37.1 Å². The lowest BCUT2D eigenvalue weighted by Gasteiger charge is -2.34. The number of nitrogens with zero attached hydrogens (tertiary/aromatic N) is 1. The number of sulfone groups is 1. The zero-order valence-electron chi connectivity index (χ0n) is 12.5. The molecule has 1 amide bonds. The Labute approximate surface area is 126 Å². The fourth-order valence-electron chi connectivity index (χ4n) is 2.72. The van der Waals surface area contributed by atoms with Gasteiger partial charge >= 0.3 is 0 Å². The van der Waals surface area contributed by atoms with E-state index in [2.05, 4.69) is 10.2 Å². The second-order valence-corrected chi connectivity index (χ2v) is 7.53. The minimum atomic E-state index is -3.16. The first-order valence-corrected chi connectivity index (χ1v) is 9.05. The predicted molar refractivity (Wildman–Crippen MR) is 81.7 cm³/mol. The van der Waals surface area contributed by atoms with Gasteiger partial charge in [-0.2, -0.15) is 0 Å². The molecule has 0 bridgehead atoms. The average molecular weight is 310 g/mol. The van der Waals surface area contributed by atoms with Gasteiger partial charge in [0, 0.05) is 19.8 Å². The molecule has 0 aromatic heterocycles. The third kappa shape index (κ3) is 4.04. The number of hydrogen-bond acceptors (Lipinski definition) is 4. The number of carbonyl (C=O) groups excluding carboxylic acids is 1. The lowest BCUT2D eigenvalue weighted by atomic mass is 10.0. The summed E-state index contributed by atoms with van der Waals surface area (Å²) in [6, 6.07) is 6.82. The van der Waals surface area contributed by atoms with Gasteiger partial charge in [0.15, 0.2) is 9.84 Å². The van der Waals surface area contributed by atoms with E-state index in [-0.39, 0.29) is 11.9 Å². The number of amides is 1. The molecule has 116 valence electrons. The molecular weight excluding hydrogens is 288 g/mol. The highest BCUT2D eigenvalue weighted by molar-refractivity contribution is 7.90. The molecule has 1 aromatic rings. The van der Waals surface area contributed by atoms with Crippen molar-refractivity contribution in [2.24, 2.45) is 0 Å². The van der Waals surface area contributed by atoms with Crippen molar-refractivity contribution in [2.75, 3.05) is 19.8 Å². The highest BCUT2D eigenvalue weighted by Gasteiger charge is 2.27. The second-order valence-electron chi connectivity index (χ2n) is 5.51. The van der Waals surface area contributed by atoms with Crippen LogP contribution in [0.1, 0.15) is 24.8 Å². The Kier molecular flexibility index (Phi) is 5.00. The normalized spacial score (nSPS) is 20.2. The fraction of sp³-hybridized carbons (Fsp3) is 0.533. The maximum absolute atomic E-state index is 11.9. The Hall–Kier alpha value is -1.40. The van der Waals surface area contributed by atoms with Crippen LogP contribution in [0.15, 0.2) is 29.2 Å². The largest absolute Gasteiger partial charge is 0.358 e. The molecule has 1 aliphatic heterocycles. The SMILES string of the molecule is CNC(=O)C1CCCCN1Cc1ccc(S(C)(=O)=O)cc1. The van der Waals surface area contributed by atoms with Crippen LogP contribution < -0.4 is 5.32 Å². The molecule has 21 heavy (non-hydrogen) atoms. The van der Waals surface area contributed by atoms with E-state index in [1.165, 1.54) is 6.26 Å². The maximum Gasteiger partial charge on any atom is 0.237 e. The Balaban J connectivity index is 2.10. The quantitative estimate of drug-likeness (QED) is 0.907. The van der Waals surface area contributed by atoms with Gasteiger partial charge in [-0.15, -0.1) is 0 Å². The van der Waals surface area contributed by atoms with Crippen LogP contribution in [-0.2, 0) is 21.2 Å². The minimum absolute atomic E-state index is 0.0578. The molecule has 1 N–H and O–H groups in total. The molecule has 1 saturated heterocycles. The van der Waals surface area contributed by atoms with E-state index >= 15 is 0 Å². The van der Waals surface area contributed by atoms with Crippen molar-refractivity contribution in [3.63, 3.8) is 0 Å². The van der Waals surface area contributed by atoms with Crippen molar-refractivity contribution >= 4 is 15.7 Å². The molecule has 1 unspecified atom stereocenters. The van der Waals surface area contributed by atoms with Crippen LogP contribution in [0.2, 0.25) is 0 Å². The van der Waals surface area contributed by atoms with Crippen LogP contribution in [0, 0.1) is 0 Å². The summed E-state index contributed by atoms with van der Waals surface area (Å²) in [5.41, 5.74) is 1.03. The van der Waals surface area contributed by atoms with Crippen LogP contribution >= 0.6 is 0 Å². The van der Waals surface area contributed by atoms with Gasteiger partial charge < -0.3 is 5.32 Å². The molecule has 1 aliphatic rings. The predicted octanol–water partition coefficient (Wildman–Crippen LogP) is 1.19. The van der Waals surface area contributed by atoms with E-state index in [1.807, 2.05) is 12.1 Å². The van der Waals surface area contributed by atoms with Crippen LogP contribution in [0.3, 0.4) is 0 Å². The number of rotatable bonds is 4. The van der Waals surface area contributed by atoms with E-state index in [9.17, 15) is 13.2 Å². The summed E-state index contributed by atoms with van der Waals surface area (Å²) < 4.78 is 22.9. The first kappa shape index (κ1) is 16.0. The van der Waals surface area contributed by atoms with Crippen LogP contribution in [0.4, 0.5) is 0 Å². The zero-order chi connectivity index (χ0) is 15.5.